The van der Waals surface area contributed by atoms with Gasteiger partial charge in [0.25, 0.3) is 5.91 Å². The molecule has 1 amide bonds. The van der Waals surface area contributed by atoms with Gasteiger partial charge < -0.3 is 19.5 Å². The maximum Gasteiger partial charge on any atom is 0.344 e. The summed E-state index contributed by atoms with van der Waals surface area (Å²) in [5.41, 5.74) is 0.813. The number of benzene rings is 1. The summed E-state index contributed by atoms with van der Waals surface area (Å²) in [6, 6.07) is 5.06. The lowest BCUT2D eigenvalue weighted by Gasteiger charge is -2.09. The van der Waals surface area contributed by atoms with Crippen molar-refractivity contribution >= 4 is 23.5 Å². The third-order valence-corrected chi connectivity index (χ3v) is 2.71. The number of hydrogen-bond acceptors (Lipinski definition) is 5. The van der Waals surface area contributed by atoms with E-state index in [9.17, 15) is 9.59 Å². The first kappa shape index (κ1) is 17.3. The number of hydrogen-bond donors (Lipinski definition) is 1. The summed E-state index contributed by atoms with van der Waals surface area (Å²) in [6.45, 7) is 1.97. The SMILES string of the molecule is COCCNC(=O)COC(=O)COc1ccc(Cl)cc1C. The van der Waals surface area contributed by atoms with Crippen LogP contribution in [0.15, 0.2) is 18.2 Å². The standard InChI is InChI=1S/C14H18ClNO5/c1-10-7-11(15)3-4-12(10)20-9-14(18)21-8-13(17)16-5-6-19-2/h3-4,7H,5-6,8-9H2,1-2H3,(H,16,17). The fraction of sp³-hybridized carbons (Fsp3) is 0.429. The van der Waals surface area contributed by atoms with Crippen LogP contribution in [0.1, 0.15) is 5.56 Å². The van der Waals surface area contributed by atoms with Gasteiger partial charge in [-0.25, -0.2) is 4.79 Å². The molecule has 0 aliphatic rings. The lowest BCUT2D eigenvalue weighted by Crippen LogP contribution is -2.32. The molecule has 1 aromatic rings. The molecule has 21 heavy (non-hydrogen) atoms. The smallest absolute Gasteiger partial charge is 0.344 e. The minimum absolute atomic E-state index is 0.270. The van der Waals surface area contributed by atoms with Crippen molar-refractivity contribution in [3.8, 4) is 5.75 Å². The van der Waals surface area contributed by atoms with Crippen LogP contribution in [0.2, 0.25) is 5.02 Å². The molecule has 0 unspecified atom stereocenters. The van der Waals surface area contributed by atoms with Gasteiger partial charge in [0.2, 0.25) is 0 Å². The van der Waals surface area contributed by atoms with Crippen molar-refractivity contribution in [2.45, 2.75) is 6.92 Å². The van der Waals surface area contributed by atoms with Crippen LogP contribution in [-0.4, -0.2) is 45.4 Å². The van der Waals surface area contributed by atoms with Crippen molar-refractivity contribution in [1.82, 2.24) is 5.32 Å². The summed E-state index contributed by atoms with van der Waals surface area (Å²) in [6.07, 6.45) is 0. The number of esters is 1. The second-order valence-corrected chi connectivity index (χ2v) is 4.64. The number of ether oxygens (including phenoxy) is 3. The monoisotopic (exact) mass is 315 g/mol. The van der Waals surface area contributed by atoms with Crippen molar-refractivity contribution in [2.75, 3.05) is 33.5 Å². The predicted octanol–water partition coefficient (Wildman–Crippen LogP) is 1.33. The largest absolute Gasteiger partial charge is 0.482 e. The molecule has 0 aliphatic heterocycles. The highest BCUT2D eigenvalue weighted by Gasteiger charge is 2.09. The van der Waals surface area contributed by atoms with Gasteiger partial charge in [-0.2, -0.15) is 0 Å². The molecule has 0 saturated carbocycles. The maximum atomic E-state index is 11.5. The van der Waals surface area contributed by atoms with E-state index in [1.54, 1.807) is 18.2 Å². The first-order chi connectivity index (χ1) is 10.0. The Kier molecular flexibility index (Phi) is 7.56. The highest BCUT2D eigenvalue weighted by Crippen LogP contribution is 2.21. The van der Waals surface area contributed by atoms with Crippen molar-refractivity contribution in [3.05, 3.63) is 28.8 Å². The van der Waals surface area contributed by atoms with E-state index in [-0.39, 0.29) is 19.1 Å². The van der Waals surface area contributed by atoms with E-state index in [2.05, 4.69) is 5.32 Å². The van der Waals surface area contributed by atoms with Crippen LogP contribution >= 0.6 is 11.6 Å². The molecule has 6 nitrogen and oxygen atoms in total. The molecule has 116 valence electrons. The van der Waals surface area contributed by atoms with Crippen molar-refractivity contribution < 1.29 is 23.8 Å². The van der Waals surface area contributed by atoms with Crippen LogP contribution in [0.3, 0.4) is 0 Å². The van der Waals surface area contributed by atoms with Gasteiger partial charge >= 0.3 is 5.97 Å². The summed E-state index contributed by atoms with van der Waals surface area (Å²) >= 11 is 5.82. The molecule has 1 N–H and O–H groups in total. The Morgan fingerprint density at radius 1 is 1.29 bits per heavy atom. The molecule has 7 heteroatoms. The lowest BCUT2D eigenvalue weighted by molar-refractivity contribution is -0.150. The number of carbonyl (C=O) groups excluding carboxylic acids is 2. The van der Waals surface area contributed by atoms with Gasteiger partial charge in [-0.15, -0.1) is 0 Å². The van der Waals surface area contributed by atoms with Crippen LogP contribution in [0, 0.1) is 6.92 Å². The third-order valence-electron chi connectivity index (χ3n) is 2.48. The Morgan fingerprint density at radius 3 is 2.71 bits per heavy atom. The van der Waals surface area contributed by atoms with Crippen LogP contribution in [0.25, 0.3) is 0 Å². The average molecular weight is 316 g/mol. The number of methoxy groups -OCH3 is 1. The number of halogens is 1. The zero-order valence-corrected chi connectivity index (χ0v) is 12.7. The summed E-state index contributed by atoms with van der Waals surface area (Å²) < 4.78 is 14.8. The first-order valence-electron chi connectivity index (χ1n) is 6.33. The van der Waals surface area contributed by atoms with E-state index >= 15 is 0 Å². The predicted molar refractivity (Wildman–Crippen MR) is 77.5 cm³/mol. The summed E-state index contributed by atoms with van der Waals surface area (Å²) in [7, 11) is 1.53. The fourth-order valence-corrected chi connectivity index (χ4v) is 1.67. The van der Waals surface area contributed by atoms with E-state index in [1.165, 1.54) is 7.11 Å². The second-order valence-electron chi connectivity index (χ2n) is 4.20. The van der Waals surface area contributed by atoms with Crippen molar-refractivity contribution in [3.63, 3.8) is 0 Å². The van der Waals surface area contributed by atoms with E-state index in [1.807, 2.05) is 6.92 Å². The second kappa shape index (κ2) is 9.20. The first-order valence-corrected chi connectivity index (χ1v) is 6.71. The number of nitrogens with one attached hydrogen (secondary N) is 1. The van der Waals surface area contributed by atoms with Crippen molar-refractivity contribution in [1.29, 1.82) is 0 Å². The zero-order chi connectivity index (χ0) is 15.7. The molecule has 0 spiro atoms. The Balaban J connectivity index is 2.26. The van der Waals surface area contributed by atoms with Crippen LogP contribution < -0.4 is 10.1 Å². The molecule has 1 aromatic carbocycles. The zero-order valence-electron chi connectivity index (χ0n) is 12.0. The van der Waals surface area contributed by atoms with Gasteiger partial charge in [0.1, 0.15) is 5.75 Å². The molecule has 0 bridgehead atoms. The maximum absolute atomic E-state index is 11.5. The van der Waals surface area contributed by atoms with Crippen LogP contribution in [0.4, 0.5) is 0 Å². The van der Waals surface area contributed by atoms with Crippen LogP contribution in [0.5, 0.6) is 5.75 Å². The summed E-state index contributed by atoms with van der Waals surface area (Å²) in [4.78, 5) is 22.7. The minimum Gasteiger partial charge on any atom is -0.482 e. The summed E-state index contributed by atoms with van der Waals surface area (Å²) in [5.74, 6) is -0.463. The highest BCUT2D eigenvalue weighted by molar-refractivity contribution is 6.30. The molecule has 0 atom stereocenters. The Bertz CT molecular complexity index is 492. The third kappa shape index (κ3) is 6.97. The average Bonchev–Trinajstić information content (AvgIpc) is 2.44. The molecular formula is C14H18ClNO5. The number of amides is 1. The fourth-order valence-electron chi connectivity index (χ4n) is 1.44. The highest BCUT2D eigenvalue weighted by atomic mass is 35.5. The Hall–Kier alpha value is -1.79. The molecule has 0 aromatic heterocycles. The number of rotatable bonds is 8. The van der Waals surface area contributed by atoms with E-state index in [0.717, 1.165) is 5.56 Å². The van der Waals surface area contributed by atoms with Gasteiger partial charge in [0, 0.05) is 18.7 Å². The van der Waals surface area contributed by atoms with E-state index < -0.39 is 5.97 Å². The minimum atomic E-state index is -0.619. The number of carbonyl (C=O) groups is 2. The molecular weight excluding hydrogens is 298 g/mol. The molecule has 0 radical (unpaired) electrons. The summed E-state index contributed by atoms with van der Waals surface area (Å²) in [5, 5.41) is 3.12. The Morgan fingerprint density at radius 2 is 2.05 bits per heavy atom. The van der Waals surface area contributed by atoms with Gasteiger partial charge in [-0.3, -0.25) is 4.79 Å². The lowest BCUT2D eigenvalue weighted by atomic mass is 10.2. The normalized spacial score (nSPS) is 10.0. The molecule has 0 aliphatic carbocycles. The topological polar surface area (TPSA) is 73.9 Å². The number of aryl methyl sites for hydroxylation is 1. The van der Waals surface area contributed by atoms with E-state index in [0.29, 0.717) is 23.9 Å². The van der Waals surface area contributed by atoms with E-state index in [4.69, 9.17) is 25.8 Å². The van der Waals surface area contributed by atoms with Crippen molar-refractivity contribution in [2.24, 2.45) is 0 Å². The molecule has 1 rings (SSSR count). The van der Waals surface area contributed by atoms with Gasteiger partial charge in [-0.05, 0) is 30.7 Å². The molecule has 0 heterocycles. The molecule has 0 fully saturated rings. The van der Waals surface area contributed by atoms with Gasteiger partial charge in [-0.1, -0.05) is 11.6 Å². The van der Waals surface area contributed by atoms with Gasteiger partial charge in [0.05, 0.1) is 6.61 Å². The van der Waals surface area contributed by atoms with Crippen LogP contribution in [-0.2, 0) is 19.1 Å². The quantitative estimate of drug-likeness (QED) is 0.579. The Labute approximate surface area is 128 Å². The van der Waals surface area contributed by atoms with Gasteiger partial charge in [0.15, 0.2) is 13.2 Å². The molecule has 0 saturated heterocycles.